The molecule has 0 spiro atoms. The molecule has 0 bridgehead atoms. The number of benzene rings is 3. The van der Waals surface area contributed by atoms with Crippen LogP contribution in [0, 0.1) is 0 Å². The SMILES string of the molecule is COc1ccccc1NS(=O)(=O)c1ccc2oc(SCC(=O)N3c4ccccc4CC3C)nc2c1. The van der Waals surface area contributed by atoms with E-state index in [1.165, 1.54) is 31.0 Å². The summed E-state index contributed by atoms with van der Waals surface area (Å²) in [5.41, 5.74) is 3.28. The predicted octanol–water partition coefficient (Wildman–Crippen LogP) is 4.71. The van der Waals surface area contributed by atoms with E-state index in [9.17, 15) is 13.2 Å². The molecule has 1 unspecified atom stereocenters. The number of ether oxygens (including phenoxy) is 1. The standard InChI is InChI=1S/C25H23N3O5S2/c1-16-13-17-7-3-5-9-21(17)28(16)24(29)15-34-25-26-20-14-18(11-12-23(20)33-25)35(30,31)27-19-8-4-6-10-22(19)32-2/h3-12,14,16,27H,13,15H2,1-2H3. The number of sulfonamides is 1. The summed E-state index contributed by atoms with van der Waals surface area (Å²) in [7, 11) is -2.40. The van der Waals surface area contributed by atoms with E-state index in [-0.39, 0.29) is 22.6 Å². The van der Waals surface area contributed by atoms with Crippen molar-refractivity contribution in [2.45, 2.75) is 29.5 Å². The number of amides is 1. The van der Waals surface area contributed by atoms with Crippen molar-refractivity contribution in [3.05, 3.63) is 72.3 Å². The Morgan fingerprint density at radius 3 is 2.77 bits per heavy atom. The second-order valence-electron chi connectivity index (χ2n) is 8.15. The Labute approximate surface area is 207 Å². The molecule has 1 aliphatic heterocycles. The van der Waals surface area contributed by atoms with Crippen LogP contribution in [0.15, 0.2) is 81.3 Å². The number of carbonyl (C=O) groups excluding carboxylic acids is 1. The van der Waals surface area contributed by atoms with E-state index in [0.717, 1.165) is 17.7 Å². The monoisotopic (exact) mass is 509 g/mol. The summed E-state index contributed by atoms with van der Waals surface area (Å²) in [6, 6.07) is 19.2. The number of hydrogen-bond donors (Lipinski definition) is 1. The summed E-state index contributed by atoms with van der Waals surface area (Å²) in [5.74, 6) is 0.544. The van der Waals surface area contributed by atoms with Gasteiger partial charge in [-0.25, -0.2) is 13.4 Å². The fourth-order valence-electron chi connectivity index (χ4n) is 4.19. The molecule has 3 aromatic carbocycles. The highest BCUT2D eigenvalue weighted by atomic mass is 32.2. The third-order valence-electron chi connectivity index (χ3n) is 5.80. The normalized spacial score (nSPS) is 15.3. The first-order valence-electron chi connectivity index (χ1n) is 10.9. The average Bonchev–Trinajstić information content (AvgIpc) is 3.41. The van der Waals surface area contributed by atoms with Crippen molar-refractivity contribution in [1.82, 2.24) is 4.98 Å². The van der Waals surface area contributed by atoms with Gasteiger partial charge in [-0.2, -0.15) is 0 Å². The van der Waals surface area contributed by atoms with E-state index < -0.39 is 10.0 Å². The lowest BCUT2D eigenvalue weighted by molar-refractivity contribution is -0.116. The summed E-state index contributed by atoms with van der Waals surface area (Å²) in [6.07, 6.45) is 0.829. The number of rotatable bonds is 7. The van der Waals surface area contributed by atoms with Crippen molar-refractivity contribution in [2.75, 3.05) is 22.5 Å². The van der Waals surface area contributed by atoms with Crippen LogP contribution in [-0.4, -0.2) is 38.2 Å². The number of para-hydroxylation sites is 3. The molecule has 1 N–H and O–H groups in total. The van der Waals surface area contributed by atoms with Gasteiger partial charge in [0.1, 0.15) is 11.3 Å². The topological polar surface area (TPSA) is 102 Å². The smallest absolute Gasteiger partial charge is 0.262 e. The molecule has 10 heteroatoms. The van der Waals surface area contributed by atoms with Crippen molar-refractivity contribution in [3.63, 3.8) is 0 Å². The molecule has 0 aliphatic carbocycles. The first-order chi connectivity index (χ1) is 16.9. The Morgan fingerprint density at radius 1 is 1.17 bits per heavy atom. The number of hydrogen-bond acceptors (Lipinski definition) is 7. The molecule has 8 nitrogen and oxygen atoms in total. The van der Waals surface area contributed by atoms with E-state index in [1.807, 2.05) is 36.1 Å². The highest BCUT2D eigenvalue weighted by molar-refractivity contribution is 7.99. The molecule has 0 saturated carbocycles. The molecule has 1 aromatic heterocycles. The van der Waals surface area contributed by atoms with Crippen LogP contribution in [-0.2, 0) is 21.2 Å². The van der Waals surface area contributed by atoms with E-state index >= 15 is 0 Å². The molecule has 1 amide bonds. The van der Waals surface area contributed by atoms with Gasteiger partial charge in [0, 0.05) is 11.7 Å². The van der Waals surface area contributed by atoms with Gasteiger partial charge in [0.15, 0.2) is 5.58 Å². The molecule has 2 heterocycles. The second kappa shape index (κ2) is 9.27. The van der Waals surface area contributed by atoms with Crippen molar-refractivity contribution in [2.24, 2.45) is 0 Å². The molecular formula is C25H23N3O5S2. The maximum atomic E-state index is 13.0. The van der Waals surface area contributed by atoms with Crippen LogP contribution in [0.2, 0.25) is 0 Å². The number of oxazole rings is 1. The summed E-state index contributed by atoms with van der Waals surface area (Å²) < 4.78 is 39.4. The minimum atomic E-state index is -3.88. The van der Waals surface area contributed by atoms with Gasteiger partial charge in [-0.3, -0.25) is 9.52 Å². The van der Waals surface area contributed by atoms with Gasteiger partial charge in [-0.15, -0.1) is 0 Å². The Bertz CT molecular complexity index is 1520. The van der Waals surface area contributed by atoms with Crippen molar-refractivity contribution < 1.29 is 22.4 Å². The minimum absolute atomic E-state index is 0.0287. The van der Waals surface area contributed by atoms with Gasteiger partial charge >= 0.3 is 0 Å². The van der Waals surface area contributed by atoms with Gasteiger partial charge in [0.05, 0.1) is 23.4 Å². The van der Waals surface area contributed by atoms with Gasteiger partial charge in [-0.05, 0) is 55.3 Å². The number of carbonyl (C=O) groups is 1. The zero-order valence-electron chi connectivity index (χ0n) is 19.1. The fourth-order valence-corrected chi connectivity index (χ4v) is 5.97. The quantitative estimate of drug-likeness (QED) is 0.360. The first kappa shape index (κ1) is 23.3. The lowest BCUT2D eigenvalue weighted by Crippen LogP contribution is -2.36. The number of methoxy groups -OCH3 is 1. The lowest BCUT2D eigenvalue weighted by atomic mass is 10.1. The average molecular weight is 510 g/mol. The van der Waals surface area contributed by atoms with Gasteiger partial charge in [0.2, 0.25) is 5.91 Å². The van der Waals surface area contributed by atoms with Crippen molar-refractivity contribution in [3.8, 4) is 5.75 Å². The van der Waals surface area contributed by atoms with Crippen LogP contribution in [0.25, 0.3) is 11.1 Å². The Balaban J connectivity index is 1.31. The number of thioether (sulfide) groups is 1. The van der Waals surface area contributed by atoms with Gasteiger partial charge < -0.3 is 14.1 Å². The summed E-state index contributed by atoms with van der Waals surface area (Å²) in [4.78, 5) is 19.2. The summed E-state index contributed by atoms with van der Waals surface area (Å²) >= 11 is 1.19. The first-order valence-corrected chi connectivity index (χ1v) is 13.4. The highest BCUT2D eigenvalue weighted by Crippen LogP contribution is 2.33. The summed E-state index contributed by atoms with van der Waals surface area (Å²) in [5, 5.41) is 0.306. The van der Waals surface area contributed by atoms with Gasteiger partial charge in [-0.1, -0.05) is 42.1 Å². The third-order valence-corrected chi connectivity index (χ3v) is 7.97. The predicted molar refractivity (Wildman–Crippen MR) is 136 cm³/mol. The maximum Gasteiger partial charge on any atom is 0.262 e. The molecule has 180 valence electrons. The second-order valence-corrected chi connectivity index (χ2v) is 10.8. The number of aromatic nitrogens is 1. The summed E-state index contributed by atoms with van der Waals surface area (Å²) in [6.45, 7) is 2.03. The number of fused-ring (bicyclic) bond motifs is 2. The molecule has 35 heavy (non-hydrogen) atoms. The highest BCUT2D eigenvalue weighted by Gasteiger charge is 2.30. The molecule has 0 radical (unpaired) electrons. The number of anilines is 2. The zero-order chi connectivity index (χ0) is 24.6. The van der Waals surface area contributed by atoms with Crippen LogP contribution >= 0.6 is 11.8 Å². The maximum absolute atomic E-state index is 13.0. The largest absolute Gasteiger partial charge is 0.495 e. The van der Waals surface area contributed by atoms with Crippen LogP contribution in [0.5, 0.6) is 5.75 Å². The Morgan fingerprint density at radius 2 is 1.94 bits per heavy atom. The van der Waals surface area contributed by atoms with Crippen molar-refractivity contribution in [1.29, 1.82) is 0 Å². The number of nitrogens with zero attached hydrogens (tertiary/aromatic N) is 2. The van der Waals surface area contributed by atoms with Crippen LogP contribution in [0.1, 0.15) is 12.5 Å². The van der Waals surface area contributed by atoms with E-state index in [0.29, 0.717) is 27.8 Å². The zero-order valence-corrected chi connectivity index (χ0v) is 20.7. The van der Waals surface area contributed by atoms with E-state index in [4.69, 9.17) is 9.15 Å². The minimum Gasteiger partial charge on any atom is -0.495 e. The Kier molecular flexibility index (Phi) is 6.16. The van der Waals surface area contributed by atoms with E-state index in [1.54, 1.807) is 30.3 Å². The van der Waals surface area contributed by atoms with Gasteiger partial charge in [0.25, 0.3) is 15.2 Å². The van der Waals surface area contributed by atoms with Crippen molar-refractivity contribution >= 4 is 50.2 Å². The van der Waals surface area contributed by atoms with Crippen LogP contribution in [0.3, 0.4) is 0 Å². The van der Waals surface area contributed by atoms with Crippen LogP contribution in [0.4, 0.5) is 11.4 Å². The Hall–Kier alpha value is -3.50. The lowest BCUT2D eigenvalue weighted by Gasteiger charge is -2.22. The third kappa shape index (κ3) is 4.59. The molecule has 1 atom stereocenters. The molecular weight excluding hydrogens is 486 g/mol. The molecule has 0 fully saturated rings. The molecule has 4 aromatic rings. The molecule has 5 rings (SSSR count). The molecule has 1 aliphatic rings. The fraction of sp³-hybridized carbons (Fsp3) is 0.200. The number of nitrogens with one attached hydrogen (secondary N) is 1. The van der Waals surface area contributed by atoms with Crippen LogP contribution < -0.4 is 14.4 Å². The molecule has 0 saturated heterocycles. The van der Waals surface area contributed by atoms with E-state index in [2.05, 4.69) is 9.71 Å².